The molecule has 1 saturated heterocycles. The normalized spacial score (nSPS) is 14.3. The van der Waals surface area contributed by atoms with E-state index in [0.29, 0.717) is 11.7 Å². The molecule has 1 aliphatic heterocycles. The van der Waals surface area contributed by atoms with Gasteiger partial charge in [0.25, 0.3) is 0 Å². The Hall–Kier alpha value is -4.40. The van der Waals surface area contributed by atoms with Gasteiger partial charge < -0.3 is 0 Å². The third-order valence-corrected chi connectivity index (χ3v) is 7.47. The molecule has 8 nitrogen and oxygen atoms in total. The molecule has 6 aromatic rings. The standard InChI is InChI=1S/C31H28N8.ClH/c1-2-6-23(7-3-1)26-21-39-28(13-17-33-39)34-29(26)24-11-9-22(10-12-24)20-38-18-14-25(15-19-38)30-35-31(37-36-30)27-8-4-5-16-32-27;/h1-13,16-17,21,25H,14-15,18-20H2,(H,35,36,37);1H. The molecule has 0 atom stereocenters. The fourth-order valence-electron chi connectivity index (χ4n) is 5.36. The lowest BCUT2D eigenvalue weighted by Gasteiger charge is -2.31. The molecule has 0 unspecified atom stereocenters. The lowest BCUT2D eigenvalue weighted by Crippen LogP contribution is -2.32. The highest BCUT2D eigenvalue weighted by atomic mass is 35.5. The first-order chi connectivity index (χ1) is 19.3. The summed E-state index contributed by atoms with van der Waals surface area (Å²) in [6, 6.07) is 27.0. The number of benzene rings is 2. The summed E-state index contributed by atoms with van der Waals surface area (Å²) in [5.41, 5.74) is 7.23. The number of aromatic nitrogens is 7. The molecular weight excluding hydrogens is 520 g/mol. The molecule has 1 fully saturated rings. The van der Waals surface area contributed by atoms with Crippen molar-refractivity contribution in [3.63, 3.8) is 0 Å². The van der Waals surface area contributed by atoms with E-state index in [0.717, 1.165) is 72.0 Å². The van der Waals surface area contributed by atoms with Crippen molar-refractivity contribution in [1.82, 2.24) is 39.7 Å². The molecule has 2 aromatic carbocycles. The Morgan fingerprint density at radius 1 is 0.800 bits per heavy atom. The van der Waals surface area contributed by atoms with Crippen LogP contribution in [-0.2, 0) is 6.54 Å². The van der Waals surface area contributed by atoms with Crippen LogP contribution in [0, 0.1) is 0 Å². The second-order valence-electron chi connectivity index (χ2n) is 10.0. The van der Waals surface area contributed by atoms with Gasteiger partial charge in [0.05, 0.1) is 11.9 Å². The maximum Gasteiger partial charge on any atom is 0.199 e. The summed E-state index contributed by atoms with van der Waals surface area (Å²) in [7, 11) is 0. The van der Waals surface area contributed by atoms with Crippen LogP contribution in [0.5, 0.6) is 0 Å². The topological polar surface area (TPSA) is 87.9 Å². The number of fused-ring (bicyclic) bond motifs is 1. The summed E-state index contributed by atoms with van der Waals surface area (Å²) in [5, 5.41) is 11.9. The van der Waals surface area contributed by atoms with Crippen LogP contribution in [0.3, 0.4) is 0 Å². The third-order valence-electron chi connectivity index (χ3n) is 7.47. The molecule has 5 heterocycles. The van der Waals surface area contributed by atoms with E-state index in [1.807, 2.05) is 34.8 Å². The van der Waals surface area contributed by atoms with Crippen molar-refractivity contribution < 1.29 is 0 Å². The number of pyridine rings is 1. The Kier molecular flexibility index (Phi) is 7.35. The van der Waals surface area contributed by atoms with Gasteiger partial charge in [-0.15, -0.1) is 12.4 Å². The summed E-state index contributed by atoms with van der Waals surface area (Å²) in [4.78, 5) is 16.6. The number of H-pyrrole nitrogens is 1. The summed E-state index contributed by atoms with van der Waals surface area (Å²) >= 11 is 0. The van der Waals surface area contributed by atoms with Gasteiger partial charge in [0, 0.05) is 42.0 Å². The summed E-state index contributed by atoms with van der Waals surface area (Å²) in [5.74, 6) is 2.04. The average Bonchev–Trinajstić information content (AvgIpc) is 3.68. The molecular formula is C31H29ClN8. The van der Waals surface area contributed by atoms with E-state index >= 15 is 0 Å². The largest absolute Gasteiger partial charge is 0.299 e. The van der Waals surface area contributed by atoms with Gasteiger partial charge in [-0.3, -0.25) is 15.0 Å². The summed E-state index contributed by atoms with van der Waals surface area (Å²) < 4.78 is 1.84. The van der Waals surface area contributed by atoms with Crippen molar-refractivity contribution in [2.75, 3.05) is 13.1 Å². The van der Waals surface area contributed by atoms with Crippen LogP contribution in [-0.4, -0.2) is 52.8 Å². The zero-order chi connectivity index (χ0) is 26.0. The van der Waals surface area contributed by atoms with Crippen LogP contribution < -0.4 is 0 Å². The Balaban J connectivity index is 0.00000289. The fourth-order valence-corrected chi connectivity index (χ4v) is 5.36. The van der Waals surface area contributed by atoms with Crippen molar-refractivity contribution in [1.29, 1.82) is 0 Å². The maximum absolute atomic E-state index is 4.96. The molecule has 1 aliphatic rings. The van der Waals surface area contributed by atoms with E-state index in [2.05, 4.69) is 79.9 Å². The first-order valence-corrected chi connectivity index (χ1v) is 13.4. The predicted molar refractivity (Wildman–Crippen MR) is 158 cm³/mol. The number of aromatic amines is 1. The zero-order valence-electron chi connectivity index (χ0n) is 21.9. The smallest absolute Gasteiger partial charge is 0.199 e. The number of nitrogens with one attached hydrogen (secondary N) is 1. The number of hydrogen-bond donors (Lipinski definition) is 1. The Labute approximate surface area is 238 Å². The first-order valence-electron chi connectivity index (χ1n) is 13.4. The summed E-state index contributed by atoms with van der Waals surface area (Å²) in [6.45, 7) is 3.00. The van der Waals surface area contributed by atoms with Gasteiger partial charge in [0.2, 0.25) is 0 Å². The van der Waals surface area contributed by atoms with Crippen molar-refractivity contribution in [2.45, 2.75) is 25.3 Å². The first kappa shape index (κ1) is 25.9. The van der Waals surface area contributed by atoms with Crippen LogP contribution >= 0.6 is 12.4 Å². The van der Waals surface area contributed by atoms with E-state index in [9.17, 15) is 0 Å². The highest BCUT2D eigenvalue weighted by Gasteiger charge is 2.24. The van der Waals surface area contributed by atoms with E-state index in [-0.39, 0.29) is 12.4 Å². The second kappa shape index (κ2) is 11.4. The number of hydrogen-bond acceptors (Lipinski definition) is 6. The van der Waals surface area contributed by atoms with E-state index in [4.69, 9.17) is 9.97 Å². The molecule has 9 heteroatoms. The molecule has 40 heavy (non-hydrogen) atoms. The Bertz CT molecular complexity index is 1690. The number of piperidine rings is 1. The lowest BCUT2D eigenvalue weighted by atomic mass is 9.95. The van der Waals surface area contributed by atoms with E-state index in [1.165, 1.54) is 5.56 Å². The number of nitrogens with zero attached hydrogens (tertiary/aromatic N) is 7. The lowest BCUT2D eigenvalue weighted by molar-refractivity contribution is 0.202. The maximum atomic E-state index is 4.96. The molecule has 0 saturated carbocycles. The average molecular weight is 549 g/mol. The van der Waals surface area contributed by atoms with Crippen molar-refractivity contribution in [3.8, 4) is 33.9 Å². The SMILES string of the molecule is Cl.c1ccc(-c2cn3nccc3nc2-c2ccc(CN3CCC(c4nc(-c5ccccn5)n[nH]4)CC3)cc2)cc1. The van der Waals surface area contributed by atoms with Crippen LogP contribution in [0.15, 0.2) is 97.5 Å². The van der Waals surface area contributed by atoms with Crippen LogP contribution in [0.25, 0.3) is 39.5 Å². The molecule has 0 amide bonds. The minimum atomic E-state index is 0. The van der Waals surface area contributed by atoms with Gasteiger partial charge in [-0.1, -0.05) is 60.7 Å². The van der Waals surface area contributed by atoms with Crippen LogP contribution in [0.4, 0.5) is 0 Å². The second-order valence-corrected chi connectivity index (χ2v) is 10.0. The molecule has 1 N–H and O–H groups in total. The van der Waals surface area contributed by atoms with Gasteiger partial charge in [0.15, 0.2) is 11.5 Å². The van der Waals surface area contributed by atoms with Gasteiger partial charge >= 0.3 is 0 Å². The Morgan fingerprint density at radius 2 is 1.60 bits per heavy atom. The van der Waals surface area contributed by atoms with Crippen molar-refractivity contribution >= 4 is 18.1 Å². The molecule has 0 bridgehead atoms. The van der Waals surface area contributed by atoms with Gasteiger partial charge in [-0.25, -0.2) is 14.5 Å². The molecule has 0 radical (unpaired) electrons. The molecule has 0 aliphatic carbocycles. The number of rotatable bonds is 6. The van der Waals surface area contributed by atoms with Gasteiger partial charge in [-0.05, 0) is 49.2 Å². The zero-order valence-corrected chi connectivity index (χ0v) is 22.7. The minimum Gasteiger partial charge on any atom is -0.299 e. The number of halogens is 1. The minimum absolute atomic E-state index is 0. The van der Waals surface area contributed by atoms with Crippen LogP contribution in [0.1, 0.15) is 30.1 Å². The quantitative estimate of drug-likeness (QED) is 0.273. The highest BCUT2D eigenvalue weighted by molar-refractivity contribution is 5.85. The molecule has 4 aromatic heterocycles. The van der Waals surface area contributed by atoms with E-state index < -0.39 is 0 Å². The van der Waals surface area contributed by atoms with Crippen LogP contribution in [0.2, 0.25) is 0 Å². The summed E-state index contributed by atoms with van der Waals surface area (Å²) in [6.07, 6.45) is 7.75. The monoisotopic (exact) mass is 548 g/mol. The molecule has 0 spiro atoms. The van der Waals surface area contributed by atoms with Crippen molar-refractivity contribution in [3.05, 3.63) is 109 Å². The molecule has 7 rings (SSSR count). The predicted octanol–water partition coefficient (Wildman–Crippen LogP) is 6.04. The highest BCUT2D eigenvalue weighted by Crippen LogP contribution is 2.32. The Morgan fingerprint density at radius 3 is 2.38 bits per heavy atom. The van der Waals surface area contributed by atoms with Crippen molar-refractivity contribution in [2.24, 2.45) is 0 Å². The van der Waals surface area contributed by atoms with E-state index in [1.54, 1.807) is 12.4 Å². The molecule has 200 valence electrons. The van der Waals surface area contributed by atoms with Gasteiger partial charge in [-0.2, -0.15) is 10.2 Å². The number of likely N-dealkylation sites (tertiary alicyclic amines) is 1. The van der Waals surface area contributed by atoms with Gasteiger partial charge in [0.1, 0.15) is 11.5 Å². The third kappa shape index (κ3) is 5.23. The fraction of sp³-hybridized carbons (Fsp3) is 0.194.